The monoisotopic (exact) mass is 174 g/mol. The number of nitrogens with zero attached hydrogens (tertiary/aromatic N) is 2. The van der Waals surface area contributed by atoms with Crippen LogP contribution in [0.25, 0.3) is 0 Å². The van der Waals surface area contributed by atoms with E-state index in [4.69, 9.17) is 0 Å². The molecule has 10 nitrogen and oxygen atoms in total. The van der Waals surface area contributed by atoms with Crippen molar-refractivity contribution in [3.63, 3.8) is 0 Å². The van der Waals surface area contributed by atoms with Gasteiger partial charge < -0.3 is 0 Å². The molecule has 0 spiro atoms. The van der Waals surface area contributed by atoms with E-state index in [1.54, 1.807) is 0 Å². The molecule has 0 unspecified atom stereocenters. The van der Waals surface area contributed by atoms with Crippen molar-refractivity contribution in [1.82, 2.24) is 43.8 Å². The average Bonchev–Trinajstić information content (AvgIpc) is 2.74. The zero-order valence-corrected chi connectivity index (χ0v) is 6.05. The van der Waals surface area contributed by atoms with Crippen LogP contribution in [0.5, 0.6) is 0 Å². The summed E-state index contributed by atoms with van der Waals surface area (Å²) in [6.07, 6.45) is -0.539. The number of hydrogen-bond acceptors (Lipinski definition) is 10. The molecule has 0 bridgehead atoms. The highest BCUT2D eigenvalue weighted by atomic mass is 15.9. The molecule has 2 rings (SSSR count). The van der Waals surface area contributed by atoms with Gasteiger partial charge in [-0.05, 0) is 0 Å². The van der Waals surface area contributed by atoms with Crippen LogP contribution >= 0.6 is 0 Å². The summed E-state index contributed by atoms with van der Waals surface area (Å²) in [5, 5.41) is 7.76. The zero-order chi connectivity index (χ0) is 8.23. The van der Waals surface area contributed by atoms with Crippen molar-refractivity contribution in [1.29, 1.82) is 0 Å². The Labute approximate surface area is 67.8 Å². The highest BCUT2D eigenvalue weighted by Crippen LogP contribution is 1.87. The summed E-state index contributed by atoms with van der Waals surface area (Å²) >= 11 is 0. The molecule has 2 fully saturated rings. The third-order valence-corrected chi connectivity index (χ3v) is 1.26. The predicted octanol–water partition coefficient (Wildman–Crippen LogP) is -3.76. The van der Waals surface area contributed by atoms with E-state index in [1.165, 1.54) is 0 Å². The van der Waals surface area contributed by atoms with Gasteiger partial charge in [-0.3, -0.25) is 0 Å². The molecule has 0 aromatic carbocycles. The van der Waals surface area contributed by atoms with E-state index in [-0.39, 0.29) is 12.6 Å². The fourth-order valence-electron chi connectivity index (χ4n) is 0.739. The first-order chi connectivity index (χ1) is 5.95. The molecule has 0 saturated carbocycles. The fourth-order valence-corrected chi connectivity index (χ4v) is 0.739. The number of hydrogen-bond donors (Lipinski definition) is 8. The Morgan fingerprint density at radius 2 is 0.917 bits per heavy atom. The third kappa shape index (κ3) is 1.90. The quantitative estimate of drug-likeness (QED) is 0.201. The normalized spacial score (nSPS) is 27.7. The Balaban J connectivity index is 1.75. The van der Waals surface area contributed by atoms with Crippen LogP contribution in [0.15, 0.2) is 10.2 Å². The summed E-state index contributed by atoms with van der Waals surface area (Å²) in [4.78, 5) is 0. The van der Waals surface area contributed by atoms with Gasteiger partial charge in [-0.15, -0.1) is 0 Å². The zero-order valence-electron chi connectivity index (χ0n) is 6.05. The molecule has 0 atom stereocenters. The maximum absolute atomic E-state index is 3.88. The minimum absolute atomic E-state index is 0.269. The maximum Gasteiger partial charge on any atom is 0.201 e. The SMILES string of the molecule is N(=N\C1NNNN1)/C1NNNN1. The van der Waals surface area contributed by atoms with Crippen molar-refractivity contribution in [3.8, 4) is 0 Å². The molecule has 0 aliphatic carbocycles. The minimum Gasteiger partial charge on any atom is -0.204 e. The van der Waals surface area contributed by atoms with Crippen LogP contribution in [0, 0.1) is 0 Å². The highest BCUT2D eigenvalue weighted by molar-refractivity contribution is 4.60. The van der Waals surface area contributed by atoms with Crippen LogP contribution < -0.4 is 43.8 Å². The van der Waals surface area contributed by atoms with Crippen LogP contribution in [0.3, 0.4) is 0 Å². The van der Waals surface area contributed by atoms with Gasteiger partial charge in [-0.25, -0.2) is 21.7 Å². The minimum atomic E-state index is -0.269. The molecule has 0 radical (unpaired) electrons. The fraction of sp³-hybridized carbons (Fsp3) is 1.00. The van der Waals surface area contributed by atoms with E-state index in [1.807, 2.05) is 0 Å². The summed E-state index contributed by atoms with van der Waals surface area (Å²) in [5.74, 6) is 0. The highest BCUT2D eigenvalue weighted by Gasteiger charge is 2.13. The molecule has 2 aliphatic rings. The molecule has 0 aromatic heterocycles. The summed E-state index contributed by atoms with van der Waals surface area (Å²) in [6.45, 7) is 0. The second kappa shape index (κ2) is 3.79. The van der Waals surface area contributed by atoms with E-state index in [9.17, 15) is 0 Å². The Bertz CT molecular complexity index is 135. The number of nitrogens with one attached hydrogen (secondary N) is 8. The average molecular weight is 174 g/mol. The second-order valence-corrected chi connectivity index (χ2v) is 2.11. The Kier molecular flexibility index (Phi) is 2.50. The van der Waals surface area contributed by atoms with Crippen molar-refractivity contribution >= 4 is 0 Å². The summed E-state index contributed by atoms with van der Waals surface area (Å²) in [6, 6.07) is 0. The number of azo groups is 1. The van der Waals surface area contributed by atoms with Gasteiger partial charge in [0, 0.05) is 0 Å². The lowest BCUT2D eigenvalue weighted by Gasteiger charge is -2.02. The smallest absolute Gasteiger partial charge is 0.201 e. The summed E-state index contributed by atoms with van der Waals surface area (Å²) < 4.78 is 0. The second-order valence-electron chi connectivity index (χ2n) is 2.11. The third-order valence-electron chi connectivity index (χ3n) is 1.26. The van der Waals surface area contributed by atoms with Gasteiger partial charge >= 0.3 is 0 Å². The molecule has 10 heteroatoms. The lowest BCUT2D eigenvalue weighted by molar-refractivity contribution is 0.458. The molecule has 2 aliphatic heterocycles. The van der Waals surface area contributed by atoms with Crippen molar-refractivity contribution in [2.45, 2.75) is 12.6 Å². The van der Waals surface area contributed by atoms with Gasteiger partial charge in [0.2, 0.25) is 12.6 Å². The standard InChI is InChI=1S/C2H10N10/c3(1-5-9-10-6-1)4-2-7-11-12-8-2/h1-2,5-12H/b4-3+. The van der Waals surface area contributed by atoms with Crippen molar-refractivity contribution in [2.24, 2.45) is 10.2 Å². The van der Waals surface area contributed by atoms with Gasteiger partial charge in [0.1, 0.15) is 0 Å². The molecular weight excluding hydrogens is 164 g/mol. The first-order valence-electron chi connectivity index (χ1n) is 3.37. The van der Waals surface area contributed by atoms with Gasteiger partial charge in [0.15, 0.2) is 0 Å². The van der Waals surface area contributed by atoms with Gasteiger partial charge in [0.25, 0.3) is 0 Å². The van der Waals surface area contributed by atoms with Crippen LogP contribution in [0.2, 0.25) is 0 Å². The Morgan fingerprint density at radius 1 is 0.583 bits per heavy atom. The van der Waals surface area contributed by atoms with Crippen molar-refractivity contribution < 1.29 is 0 Å². The largest absolute Gasteiger partial charge is 0.204 e. The molecule has 2 heterocycles. The summed E-state index contributed by atoms with van der Waals surface area (Å²) in [7, 11) is 0. The topological polar surface area (TPSA) is 121 Å². The molecule has 0 aromatic rings. The van der Waals surface area contributed by atoms with Crippen LogP contribution in [0.4, 0.5) is 0 Å². The van der Waals surface area contributed by atoms with Crippen LogP contribution in [0.1, 0.15) is 0 Å². The molecule has 8 N–H and O–H groups in total. The van der Waals surface area contributed by atoms with E-state index in [0.29, 0.717) is 0 Å². The van der Waals surface area contributed by atoms with Crippen LogP contribution in [-0.4, -0.2) is 12.6 Å². The first kappa shape index (κ1) is 7.90. The lowest BCUT2D eigenvalue weighted by atomic mass is 10.9. The van der Waals surface area contributed by atoms with Gasteiger partial charge in [-0.2, -0.15) is 32.4 Å². The van der Waals surface area contributed by atoms with Gasteiger partial charge in [0.05, 0.1) is 0 Å². The predicted molar refractivity (Wildman–Crippen MR) is 37.5 cm³/mol. The maximum atomic E-state index is 3.88. The molecule has 0 amide bonds. The van der Waals surface area contributed by atoms with Gasteiger partial charge in [-0.1, -0.05) is 0 Å². The number of hydrazine groups is 6. The Morgan fingerprint density at radius 3 is 1.25 bits per heavy atom. The number of rotatable bonds is 2. The molecule has 2 saturated heterocycles. The van der Waals surface area contributed by atoms with Crippen molar-refractivity contribution in [2.75, 3.05) is 0 Å². The van der Waals surface area contributed by atoms with Crippen molar-refractivity contribution in [3.05, 3.63) is 0 Å². The van der Waals surface area contributed by atoms with Crippen LogP contribution in [-0.2, 0) is 0 Å². The molecular formula is C2H10N10. The molecule has 12 heavy (non-hydrogen) atoms. The van der Waals surface area contributed by atoms with E-state index < -0.39 is 0 Å². The van der Waals surface area contributed by atoms with E-state index in [2.05, 4.69) is 54.1 Å². The Hall–Kier alpha value is -0.720. The van der Waals surface area contributed by atoms with E-state index >= 15 is 0 Å². The van der Waals surface area contributed by atoms with E-state index in [0.717, 1.165) is 0 Å². The first-order valence-corrected chi connectivity index (χ1v) is 3.37. The summed E-state index contributed by atoms with van der Waals surface area (Å²) in [5.41, 5.74) is 21.4. The molecule has 68 valence electrons. The lowest BCUT2D eigenvalue weighted by Crippen LogP contribution is -2.34.